The molecule has 2 aromatic carbocycles. The Kier molecular flexibility index (Phi) is 2.33. The summed E-state index contributed by atoms with van der Waals surface area (Å²) in [5.41, 5.74) is 5.59. The fourth-order valence-electron chi connectivity index (χ4n) is 2.66. The number of para-hydroxylation sites is 1. The number of benzene rings is 2. The van der Waals surface area contributed by atoms with Crippen LogP contribution in [0.25, 0.3) is 27.6 Å². The summed E-state index contributed by atoms with van der Waals surface area (Å²) in [7, 11) is 0. The second-order valence-corrected chi connectivity index (χ2v) is 4.94. The van der Waals surface area contributed by atoms with Crippen molar-refractivity contribution >= 4 is 21.9 Å². The maximum Gasteiger partial charge on any atom is 0.116 e. The van der Waals surface area contributed by atoms with E-state index < -0.39 is 0 Å². The first-order valence-electron chi connectivity index (χ1n) is 6.61. The molecule has 4 rings (SSSR count). The minimum absolute atomic E-state index is 0.996. The molecule has 0 bridgehead atoms. The summed E-state index contributed by atoms with van der Waals surface area (Å²) in [5.74, 6) is 0. The van der Waals surface area contributed by atoms with Crippen molar-refractivity contribution in [3.05, 3.63) is 66.6 Å². The van der Waals surface area contributed by atoms with Crippen LogP contribution in [0.4, 0.5) is 0 Å². The van der Waals surface area contributed by atoms with Crippen LogP contribution in [0, 0.1) is 6.92 Å². The number of fused-ring (bicyclic) bond motifs is 3. The third-order valence-corrected chi connectivity index (χ3v) is 3.63. The molecule has 3 nitrogen and oxygen atoms in total. The van der Waals surface area contributed by atoms with E-state index >= 15 is 0 Å². The number of hydrogen-bond acceptors (Lipinski definition) is 2. The molecule has 96 valence electrons. The average Bonchev–Trinajstić information content (AvgIpc) is 2.83. The minimum Gasteiger partial charge on any atom is -0.306 e. The van der Waals surface area contributed by atoms with Crippen LogP contribution in [0.3, 0.4) is 0 Å². The number of aryl methyl sites for hydroxylation is 1. The summed E-state index contributed by atoms with van der Waals surface area (Å²) >= 11 is 0. The van der Waals surface area contributed by atoms with Gasteiger partial charge in [0.1, 0.15) is 6.33 Å². The Labute approximate surface area is 116 Å². The lowest BCUT2D eigenvalue weighted by Gasteiger charge is -2.07. The quantitative estimate of drug-likeness (QED) is 0.519. The van der Waals surface area contributed by atoms with Gasteiger partial charge in [0, 0.05) is 11.1 Å². The summed E-state index contributed by atoms with van der Waals surface area (Å²) in [6.45, 7) is 2.10. The molecule has 0 amide bonds. The van der Waals surface area contributed by atoms with Crippen LogP contribution in [0.1, 0.15) is 5.56 Å². The van der Waals surface area contributed by atoms with Gasteiger partial charge in [-0.05, 0) is 25.1 Å². The summed E-state index contributed by atoms with van der Waals surface area (Å²) in [6.07, 6.45) is 3.48. The number of rotatable bonds is 1. The first-order valence-corrected chi connectivity index (χ1v) is 6.61. The van der Waals surface area contributed by atoms with Crippen molar-refractivity contribution in [2.45, 2.75) is 6.92 Å². The largest absolute Gasteiger partial charge is 0.306 e. The number of nitrogens with zero attached hydrogens (tertiary/aromatic N) is 3. The highest BCUT2D eigenvalue weighted by molar-refractivity contribution is 6.06. The highest BCUT2D eigenvalue weighted by Crippen LogP contribution is 2.29. The summed E-state index contributed by atoms with van der Waals surface area (Å²) in [6, 6.07) is 16.8. The highest BCUT2D eigenvalue weighted by atomic mass is 15.0. The average molecular weight is 259 g/mol. The first-order chi connectivity index (χ1) is 9.84. The Morgan fingerprint density at radius 3 is 2.55 bits per heavy atom. The molecule has 0 saturated carbocycles. The van der Waals surface area contributed by atoms with Crippen LogP contribution < -0.4 is 0 Å². The summed E-state index contributed by atoms with van der Waals surface area (Å²) < 4.78 is 2.21. The van der Waals surface area contributed by atoms with E-state index in [1.54, 1.807) is 6.33 Å². The third kappa shape index (κ3) is 1.53. The molecule has 0 radical (unpaired) electrons. The smallest absolute Gasteiger partial charge is 0.116 e. The number of aromatic nitrogens is 3. The monoisotopic (exact) mass is 259 g/mol. The Bertz CT molecular complexity index is 851. The van der Waals surface area contributed by atoms with Crippen LogP contribution in [0.2, 0.25) is 0 Å². The molecule has 2 aromatic heterocycles. The lowest BCUT2D eigenvalue weighted by molar-refractivity contribution is 1.14. The molecule has 0 fully saturated rings. The van der Waals surface area contributed by atoms with Crippen molar-refractivity contribution in [1.29, 1.82) is 0 Å². The standard InChI is InChI=1S/C17H13N3/c1-12-6-8-13(9-7-12)20-15-5-3-2-4-14(15)17-16(20)10-18-11-19-17/h2-11H,1H3. The van der Waals surface area contributed by atoms with Crippen molar-refractivity contribution in [2.24, 2.45) is 0 Å². The third-order valence-electron chi connectivity index (χ3n) is 3.63. The molecule has 0 aliphatic rings. The Balaban J connectivity index is 2.17. The topological polar surface area (TPSA) is 30.7 Å². The predicted molar refractivity (Wildman–Crippen MR) is 81.1 cm³/mol. The molecule has 0 spiro atoms. The van der Waals surface area contributed by atoms with Gasteiger partial charge in [-0.25, -0.2) is 9.97 Å². The molecule has 0 saturated heterocycles. The van der Waals surface area contributed by atoms with Crippen LogP contribution in [0.5, 0.6) is 0 Å². The molecule has 0 atom stereocenters. The fraction of sp³-hybridized carbons (Fsp3) is 0.0588. The van der Waals surface area contributed by atoms with E-state index in [4.69, 9.17) is 0 Å². The van der Waals surface area contributed by atoms with Crippen LogP contribution in [-0.4, -0.2) is 14.5 Å². The molecular formula is C17H13N3. The fourth-order valence-corrected chi connectivity index (χ4v) is 2.66. The van der Waals surface area contributed by atoms with Crippen molar-refractivity contribution in [1.82, 2.24) is 14.5 Å². The van der Waals surface area contributed by atoms with E-state index in [0.29, 0.717) is 0 Å². The molecule has 4 aromatic rings. The van der Waals surface area contributed by atoms with Gasteiger partial charge in [0.2, 0.25) is 0 Å². The molecule has 2 heterocycles. The second kappa shape index (κ2) is 4.17. The Hall–Kier alpha value is -2.68. The molecule has 0 N–H and O–H groups in total. The zero-order valence-corrected chi connectivity index (χ0v) is 11.1. The Morgan fingerprint density at radius 2 is 1.70 bits per heavy atom. The highest BCUT2D eigenvalue weighted by Gasteiger charge is 2.12. The van der Waals surface area contributed by atoms with E-state index in [0.717, 1.165) is 27.6 Å². The van der Waals surface area contributed by atoms with Gasteiger partial charge in [-0.15, -0.1) is 0 Å². The van der Waals surface area contributed by atoms with Gasteiger partial charge in [0.25, 0.3) is 0 Å². The molecule has 20 heavy (non-hydrogen) atoms. The van der Waals surface area contributed by atoms with Gasteiger partial charge in [0.05, 0.1) is 22.7 Å². The van der Waals surface area contributed by atoms with E-state index in [-0.39, 0.29) is 0 Å². The van der Waals surface area contributed by atoms with E-state index in [1.807, 2.05) is 12.3 Å². The Morgan fingerprint density at radius 1 is 0.900 bits per heavy atom. The lowest BCUT2D eigenvalue weighted by Crippen LogP contribution is -1.94. The SMILES string of the molecule is Cc1ccc(-n2c3ccccc3c3ncncc32)cc1. The summed E-state index contributed by atoms with van der Waals surface area (Å²) in [5, 5.41) is 1.16. The molecule has 0 unspecified atom stereocenters. The zero-order valence-electron chi connectivity index (χ0n) is 11.1. The molecule has 0 aliphatic carbocycles. The maximum atomic E-state index is 4.44. The lowest BCUT2D eigenvalue weighted by atomic mass is 10.2. The van der Waals surface area contributed by atoms with Gasteiger partial charge in [-0.2, -0.15) is 0 Å². The molecule has 0 aliphatic heterocycles. The van der Waals surface area contributed by atoms with E-state index in [1.165, 1.54) is 5.56 Å². The van der Waals surface area contributed by atoms with Crippen molar-refractivity contribution in [3.63, 3.8) is 0 Å². The van der Waals surface area contributed by atoms with Crippen molar-refractivity contribution in [3.8, 4) is 5.69 Å². The van der Waals surface area contributed by atoms with Crippen LogP contribution in [-0.2, 0) is 0 Å². The predicted octanol–water partition coefficient (Wildman–Crippen LogP) is 3.88. The molecular weight excluding hydrogens is 246 g/mol. The van der Waals surface area contributed by atoms with Gasteiger partial charge in [-0.3, -0.25) is 0 Å². The van der Waals surface area contributed by atoms with Gasteiger partial charge in [-0.1, -0.05) is 35.9 Å². The normalized spacial score (nSPS) is 11.2. The molecule has 3 heteroatoms. The van der Waals surface area contributed by atoms with Crippen molar-refractivity contribution in [2.75, 3.05) is 0 Å². The van der Waals surface area contributed by atoms with E-state index in [9.17, 15) is 0 Å². The van der Waals surface area contributed by atoms with Crippen molar-refractivity contribution < 1.29 is 0 Å². The van der Waals surface area contributed by atoms with Gasteiger partial charge in [0.15, 0.2) is 0 Å². The van der Waals surface area contributed by atoms with Gasteiger partial charge < -0.3 is 4.57 Å². The summed E-state index contributed by atoms with van der Waals surface area (Å²) in [4.78, 5) is 8.62. The second-order valence-electron chi connectivity index (χ2n) is 4.94. The minimum atomic E-state index is 0.996. The van der Waals surface area contributed by atoms with E-state index in [2.05, 4.69) is 63.9 Å². The maximum absolute atomic E-state index is 4.44. The van der Waals surface area contributed by atoms with Crippen LogP contribution in [0.15, 0.2) is 61.1 Å². The van der Waals surface area contributed by atoms with Gasteiger partial charge >= 0.3 is 0 Å². The number of hydrogen-bond donors (Lipinski definition) is 0. The zero-order chi connectivity index (χ0) is 13.5. The first kappa shape index (κ1) is 11.2. The van der Waals surface area contributed by atoms with Crippen LogP contribution >= 0.6 is 0 Å².